The highest BCUT2D eigenvalue weighted by molar-refractivity contribution is 7.13. The molecule has 1 rings (SSSR count). The Balaban J connectivity index is 2.04. The van der Waals surface area contributed by atoms with Crippen molar-refractivity contribution in [3.8, 4) is 0 Å². The third kappa shape index (κ3) is 3.34. The minimum atomic E-state index is 0.946. The van der Waals surface area contributed by atoms with Gasteiger partial charge in [-0.25, -0.2) is 4.98 Å². The van der Waals surface area contributed by atoms with Crippen LogP contribution >= 0.6 is 11.3 Å². The van der Waals surface area contributed by atoms with Crippen LogP contribution in [-0.4, -0.2) is 24.6 Å². The first-order valence-electron chi connectivity index (χ1n) is 3.77. The van der Waals surface area contributed by atoms with Crippen molar-refractivity contribution in [3.05, 3.63) is 11.6 Å². The molecule has 0 unspecified atom stereocenters. The van der Waals surface area contributed by atoms with E-state index in [1.807, 2.05) is 5.38 Å². The van der Waals surface area contributed by atoms with E-state index in [9.17, 15) is 0 Å². The molecule has 1 aromatic heterocycles. The molecule has 0 spiro atoms. The summed E-state index contributed by atoms with van der Waals surface area (Å²) in [5.41, 5.74) is 0. The van der Waals surface area contributed by atoms with Crippen LogP contribution in [0.1, 0.15) is 6.92 Å². The van der Waals surface area contributed by atoms with Gasteiger partial charge >= 0.3 is 0 Å². The van der Waals surface area contributed by atoms with Gasteiger partial charge in [-0.2, -0.15) is 0 Å². The van der Waals surface area contributed by atoms with Crippen molar-refractivity contribution in [1.82, 2.24) is 10.3 Å². The standard InChI is InChI=1S/C7H13N3S/c1-2-8-3-4-9-7-10-5-6-11-7/h5-6,8H,2-4H2,1H3,(H,9,10). The van der Waals surface area contributed by atoms with E-state index < -0.39 is 0 Å². The van der Waals surface area contributed by atoms with Crippen LogP contribution in [0.2, 0.25) is 0 Å². The second-order valence-electron chi connectivity index (χ2n) is 2.12. The Morgan fingerprint density at radius 2 is 2.45 bits per heavy atom. The zero-order chi connectivity index (χ0) is 7.94. The lowest BCUT2D eigenvalue weighted by molar-refractivity contribution is 0.738. The minimum Gasteiger partial charge on any atom is -0.360 e. The number of rotatable bonds is 5. The van der Waals surface area contributed by atoms with Gasteiger partial charge in [-0.05, 0) is 6.54 Å². The first-order valence-corrected chi connectivity index (χ1v) is 4.65. The van der Waals surface area contributed by atoms with Gasteiger partial charge in [0, 0.05) is 24.7 Å². The third-order valence-electron chi connectivity index (χ3n) is 1.26. The van der Waals surface area contributed by atoms with Crippen molar-refractivity contribution in [1.29, 1.82) is 0 Å². The molecule has 0 aliphatic heterocycles. The Morgan fingerprint density at radius 1 is 1.55 bits per heavy atom. The summed E-state index contributed by atoms with van der Waals surface area (Å²) in [6, 6.07) is 0. The average molecular weight is 171 g/mol. The normalized spacial score (nSPS) is 9.91. The molecule has 2 N–H and O–H groups in total. The highest BCUT2D eigenvalue weighted by Gasteiger charge is 1.90. The molecule has 0 amide bonds. The predicted octanol–water partition coefficient (Wildman–Crippen LogP) is 1.16. The number of nitrogens with one attached hydrogen (secondary N) is 2. The molecule has 1 heterocycles. The van der Waals surface area contributed by atoms with E-state index in [1.54, 1.807) is 17.5 Å². The van der Waals surface area contributed by atoms with Crippen LogP contribution < -0.4 is 10.6 Å². The minimum absolute atomic E-state index is 0.946. The Bertz CT molecular complexity index is 174. The Labute approximate surface area is 70.9 Å². The lowest BCUT2D eigenvalue weighted by Crippen LogP contribution is -2.21. The second kappa shape index (κ2) is 5.09. The molecular weight excluding hydrogens is 158 g/mol. The summed E-state index contributed by atoms with van der Waals surface area (Å²) in [4.78, 5) is 4.09. The summed E-state index contributed by atoms with van der Waals surface area (Å²) in [7, 11) is 0. The molecular formula is C7H13N3S. The lowest BCUT2D eigenvalue weighted by Gasteiger charge is -2.01. The van der Waals surface area contributed by atoms with Gasteiger partial charge in [-0.15, -0.1) is 11.3 Å². The Hall–Kier alpha value is -0.610. The smallest absolute Gasteiger partial charge is 0.182 e. The van der Waals surface area contributed by atoms with E-state index in [0.717, 1.165) is 24.8 Å². The van der Waals surface area contributed by atoms with Crippen molar-refractivity contribution in [2.75, 3.05) is 25.0 Å². The fourth-order valence-electron chi connectivity index (χ4n) is 0.745. The Kier molecular flexibility index (Phi) is 3.93. The van der Waals surface area contributed by atoms with Gasteiger partial charge in [-0.1, -0.05) is 6.92 Å². The van der Waals surface area contributed by atoms with Crippen LogP contribution in [-0.2, 0) is 0 Å². The van der Waals surface area contributed by atoms with Crippen LogP contribution in [0.5, 0.6) is 0 Å². The van der Waals surface area contributed by atoms with Gasteiger partial charge < -0.3 is 10.6 Å². The Morgan fingerprint density at radius 3 is 3.09 bits per heavy atom. The summed E-state index contributed by atoms with van der Waals surface area (Å²) in [6.45, 7) is 5.07. The van der Waals surface area contributed by atoms with Gasteiger partial charge in [-0.3, -0.25) is 0 Å². The van der Waals surface area contributed by atoms with Gasteiger partial charge in [0.15, 0.2) is 5.13 Å². The summed E-state index contributed by atoms with van der Waals surface area (Å²) in [6.07, 6.45) is 1.81. The molecule has 0 aliphatic carbocycles. The number of nitrogens with zero attached hydrogens (tertiary/aromatic N) is 1. The number of hydrogen-bond donors (Lipinski definition) is 2. The maximum Gasteiger partial charge on any atom is 0.182 e. The van der Waals surface area contributed by atoms with Crippen LogP contribution in [0.25, 0.3) is 0 Å². The molecule has 62 valence electrons. The fraction of sp³-hybridized carbons (Fsp3) is 0.571. The van der Waals surface area contributed by atoms with Crippen LogP contribution in [0.15, 0.2) is 11.6 Å². The molecule has 4 heteroatoms. The number of aromatic nitrogens is 1. The summed E-state index contributed by atoms with van der Waals surface area (Å²) >= 11 is 1.63. The highest BCUT2D eigenvalue weighted by atomic mass is 32.1. The maximum absolute atomic E-state index is 4.09. The molecule has 0 atom stereocenters. The molecule has 0 aromatic carbocycles. The number of anilines is 1. The number of thiazole rings is 1. The molecule has 0 bridgehead atoms. The van der Waals surface area contributed by atoms with Crippen molar-refractivity contribution in [2.24, 2.45) is 0 Å². The molecule has 0 radical (unpaired) electrons. The van der Waals surface area contributed by atoms with E-state index in [2.05, 4.69) is 22.5 Å². The first-order chi connectivity index (χ1) is 5.43. The van der Waals surface area contributed by atoms with Gasteiger partial charge in [0.05, 0.1) is 0 Å². The zero-order valence-corrected chi connectivity index (χ0v) is 7.45. The van der Waals surface area contributed by atoms with Crippen molar-refractivity contribution in [2.45, 2.75) is 6.92 Å². The molecule has 0 fully saturated rings. The van der Waals surface area contributed by atoms with E-state index in [1.165, 1.54) is 0 Å². The van der Waals surface area contributed by atoms with Crippen LogP contribution in [0, 0.1) is 0 Å². The molecule has 0 aliphatic rings. The van der Waals surface area contributed by atoms with E-state index in [-0.39, 0.29) is 0 Å². The summed E-state index contributed by atoms with van der Waals surface area (Å²) in [5.74, 6) is 0. The fourth-order valence-corrected chi connectivity index (χ4v) is 1.30. The van der Waals surface area contributed by atoms with E-state index >= 15 is 0 Å². The topological polar surface area (TPSA) is 37.0 Å². The highest BCUT2D eigenvalue weighted by Crippen LogP contribution is 2.08. The molecule has 0 saturated heterocycles. The molecule has 11 heavy (non-hydrogen) atoms. The van der Waals surface area contributed by atoms with Crippen molar-refractivity contribution < 1.29 is 0 Å². The lowest BCUT2D eigenvalue weighted by atomic mass is 10.6. The van der Waals surface area contributed by atoms with E-state index in [4.69, 9.17) is 0 Å². The monoisotopic (exact) mass is 171 g/mol. The van der Waals surface area contributed by atoms with Crippen LogP contribution in [0.3, 0.4) is 0 Å². The molecule has 3 nitrogen and oxygen atoms in total. The quantitative estimate of drug-likeness (QED) is 0.653. The summed E-state index contributed by atoms with van der Waals surface area (Å²) < 4.78 is 0. The van der Waals surface area contributed by atoms with Crippen molar-refractivity contribution >= 4 is 16.5 Å². The predicted molar refractivity (Wildman–Crippen MR) is 49.1 cm³/mol. The average Bonchev–Trinajstić information content (AvgIpc) is 2.50. The zero-order valence-electron chi connectivity index (χ0n) is 6.63. The molecule has 0 saturated carbocycles. The van der Waals surface area contributed by atoms with Gasteiger partial charge in [0.25, 0.3) is 0 Å². The first kappa shape index (κ1) is 8.49. The van der Waals surface area contributed by atoms with Gasteiger partial charge in [0.1, 0.15) is 0 Å². The number of likely N-dealkylation sites (N-methyl/N-ethyl adjacent to an activating group) is 1. The van der Waals surface area contributed by atoms with Gasteiger partial charge in [0.2, 0.25) is 0 Å². The van der Waals surface area contributed by atoms with E-state index in [0.29, 0.717) is 0 Å². The third-order valence-corrected chi connectivity index (χ3v) is 1.99. The number of hydrogen-bond acceptors (Lipinski definition) is 4. The van der Waals surface area contributed by atoms with Crippen LogP contribution in [0.4, 0.5) is 5.13 Å². The summed E-state index contributed by atoms with van der Waals surface area (Å²) in [5, 5.41) is 9.40. The second-order valence-corrected chi connectivity index (χ2v) is 3.01. The van der Waals surface area contributed by atoms with Crippen molar-refractivity contribution in [3.63, 3.8) is 0 Å². The maximum atomic E-state index is 4.09. The largest absolute Gasteiger partial charge is 0.360 e. The molecule has 1 aromatic rings. The SMILES string of the molecule is CCNCCNc1nccs1.